The van der Waals surface area contributed by atoms with Gasteiger partial charge >= 0.3 is 0 Å². The molecule has 0 saturated heterocycles. The molecule has 3 rings (SSSR count). The quantitative estimate of drug-likeness (QED) is 0.635. The van der Waals surface area contributed by atoms with Crippen LogP contribution in [0.15, 0.2) is 58.5 Å². The Bertz CT molecular complexity index is 793. The second-order valence-electron chi connectivity index (χ2n) is 5.86. The van der Waals surface area contributed by atoms with E-state index in [1.807, 2.05) is 44.4 Å². The van der Waals surface area contributed by atoms with E-state index in [2.05, 4.69) is 20.7 Å². The van der Waals surface area contributed by atoms with Crippen molar-refractivity contribution in [3.63, 3.8) is 0 Å². The third kappa shape index (κ3) is 4.36. The number of fused-ring (bicyclic) bond motifs is 1. The first-order valence-electron chi connectivity index (χ1n) is 7.83. The fourth-order valence-corrected chi connectivity index (χ4v) is 4.02. The average Bonchev–Trinajstić information content (AvgIpc) is 2.60. The minimum atomic E-state index is -0.267. The number of thiocarbonyl (C=S) groups is 1. The number of nitrogens with zero attached hydrogens (tertiary/aromatic N) is 2. The SMILES string of the molecule is CN(C)C1CSc2ccc(F)cc2/C1=N/NC(=S)Nc1ccccc1. The maximum Gasteiger partial charge on any atom is 0.191 e. The number of benzene rings is 2. The number of para-hydroxylation sites is 1. The summed E-state index contributed by atoms with van der Waals surface area (Å²) in [5.74, 6) is 0.585. The summed E-state index contributed by atoms with van der Waals surface area (Å²) in [5.41, 5.74) is 5.38. The van der Waals surface area contributed by atoms with Gasteiger partial charge in [0.05, 0.1) is 11.8 Å². The molecule has 0 radical (unpaired) electrons. The van der Waals surface area contributed by atoms with Crippen LogP contribution in [0.25, 0.3) is 0 Å². The van der Waals surface area contributed by atoms with E-state index in [1.54, 1.807) is 17.8 Å². The topological polar surface area (TPSA) is 39.7 Å². The average molecular weight is 375 g/mol. The molecule has 0 bridgehead atoms. The standard InChI is InChI=1S/C18H19FN4S2/c1-23(2)15-11-25-16-9-8-12(19)10-14(16)17(15)21-22-18(24)20-13-6-4-3-5-7-13/h3-10,15H,11H2,1-2H3,(H2,20,22,24)/b21-17-. The largest absolute Gasteiger partial charge is 0.331 e. The molecule has 1 atom stereocenters. The first-order chi connectivity index (χ1) is 12.0. The normalized spacial score (nSPS) is 18.1. The molecule has 25 heavy (non-hydrogen) atoms. The Labute approximate surface area is 156 Å². The molecule has 0 aliphatic carbocycles. The maximum atomic E-state index is 13.7. The molecular formula is C18H19FN4S2. The number of hydrogen-bond acceptors (Lipinski definition) is 4. The van der Waals surface area contributed by atoms with Gasteiger partial charge in [-0.1, -0.05) is 18.2 Å². The van der Waals surface area contributed by atoms with Gasteiger partial charge in [0.2, 0.25) is 0 Å². The van der Waals surface area contributed by atoms with Crippen LogP contribution >= 0.6 is 24.0 Å². The monoisotopic (exact) mass is 374 g/mol. The van der Waals surface area contributed by atoms with Gasteiger partial charge in [-0.3, -0.25) is 5.43 Å². The fraction of sp³-hybridized carbons (Fsp3) is 0.222. The van der Waals surface area contributed by atoms with Crippen molar-refractivity contribution in [2.75, 3.05) is 25.2 Å². The predicted octanol–water partition coefficient (Wildman–Crippen LogP) is 3.55. The van der Waals surface area contributed by atoms with Crippen LogP contribution in [0.3, 0.4) is 0 Å². The van der Waals surface area contributed by atoms with Gasteiger partial charge in [0.25, 0.3) is 0 Å². The molecule has 4 nitrogen and oxygen atoms in total. The van der Waals surface area contributed by atoms with E-state index in [1.165, 1.54) is 12.1 Å². The van der Waals surface area contributed by atoms with Crippen LogP contribution in [0.4, 0.5) is 10.1 Å². The predicted molar refractivity (Wildman–Crippen MR) is 107 cm³/mol. The van der Waals surface area contributed by atoms with E-state index in [-0.39, 0.29) is 11.9 Å². The van der Waals surface area contributed by atoms with Gasteiger partial charge in [-0.2, -0.15) is 5.10 Å². The highest BCUT2D eigenvalue weighted by atomic mass is 32.2. The van der Waals surface area contributed by atoms with E-state index in [0.29, 0.717) is 5.11 Å². The highest BCUT2D eigenvalue weighted by molar-refractivity contribution is 7.99. The summed E-state index contributed by atoms with van der Waals surface area (Å²) in [5, 5.41) is 7.98. The number of thioether (sulfide) groups is 1. The molecule has 1 unspecified atom stereocenters. The minimum absolute atomic E-state index is 0.0753. The highest BCUT2D eigenvalue weighted by Gasteiger charge is 2.28. The Morgan fingerprint density at radius 3 is 2.72 bits per heavy atom. The Balaban J connectivity index is 1.83. The molecule has 0 aromatic heterocycles. The van der Waals surface area contributed by atoms with Crippen LogP contribution in [0.2, 0.25) is 0 Å². The zero-order chi connectivity index (χ0) is 17.8. The minimum Gasteiger partial charge on any atom is -0.331 e. The summed E-state index contributed by atoms with van der Waals surface area (Å²) < 4.78 is 13.7. The number of hydrogen-bond donors (Lipinski definition) is 2. The van der Waals surface area contributed by atoms with Gasteiger partial charge in [-0.15, -0.1) is 11.8 Å². The number of rotatable bonds is 3. The Hall–Kier alpha value is -1.96. The van der Waals surface area contributed by atoms with Crippen LogP contribution in [0.5, 0.6) is 0 Å². The number of likely N-dealkylation sites (N-methyl/N-ethyl adjacent to an activating group) is 1. The molecule has 0 saturated carbocycles. The van der Waals surface area contributed by atoms with Crippen molar-refractivity contribution < 1.29 is 4.39 Å². The second kappa shape index (κ2) is 7.95. The van der Waals surface area contributed by atoms with Crippen molar-refractivity contribution in [3.8, 4) is 0 Å². The first-order valence-corrected chi connectivity index (χ1v) is 9.23. The number of hydrazone groups is 1. The first kappa shape index (κ1) is 17.8. The molecule has 1 aliphatic rings. The maximum absolute atomic E-state index is 13.7. The summed E-state index contributed by atoms with van der Waals surface area (Å²) in [6, 6.07) is 14.5. The molecule has 2 N–H and O–H groups in total. The summed E-state index contributed by atoms with van der Waals surface area (Å²) >= 11 is 7.02. The third-order valence-corrected chi connectivity index (χ3v) is 5.21. The van der Waals surface area contributed by atoms with Crippen molar-refractivity contribution in [1.29, 1.82) is 0 Å². The van der Waals surface area contributed by atoms with Gasteiger partial charge in [0, 0.05) is 21.9 Å². The van der Waals surface area contributed by atoms with E-state index < -0.39 is 0 Å². The van der Waals surface area contributed by atoms with Crippen molar-refractivity contribution in [1.82, 2.24) is 10.3 Å². The lowest BCUT2D eigenvalue weighted by atomic mass is 10.0. The molecule has 0 amide bonds. The Morgan fingerprint density at radius 1 is 1.24 bits per heavy atom. The summed E-state index contributed by atoms with van der Waals surface area (Å²) in [4.78, 5) is 3.11. The summed E-state index contributed by atoms with van der Waals surface area (Å²) in [6.45, 7) is 0. The molecule has 2 aromatic carbocycles. The van der Waals surface area contributed by atoms with Gasteiger partial charge < -0.3 is 10.2 Å². The van der Waals surface area contributed by atoms with Crippen LogP contribution in [0.1, 0.15) is 5.56 Å². The van der Waals surface area contributed by atoms with Crippen molar-refractivity contribution in [2.45, 2.75) is 10.9 Å². The van der Waals surface area contributed by atoms with Gasteiger partial charge in [-0.25, -0.2) is 4.39 Å². The van der Waals surface area contributed by atoms with Gasteiger partial charge in [0.15, 0.2) is 5.11 Å². The second-order valence-corrected chi connectivity index (χ2v) is 7.33. The molecule has 1 heterocycles. The van der Waals surface area contributed by atoms with E-state index >= 15 is 0 Å². The molecule has 0 fully saturated rings. The van der Waals surface area contributed by atoms with Crippen molar-refractivity contribution in [2.24, 2.45) is 5.10 Å². The van der Waals surface area contributed by atoms with Crippen molar-refractivity contribution in [3.05, 3.63) is 59.9 Å². The van der Waals surface area contributed by atoms with Crippen LogP contribution in [0, 0.1) is 5.82 Å². The molecule has 7 heteroatoms. The Kier molecular flexibility index (Phi) is 5.67. The molecular weight excluding hydrogens is 355 g/mol. The van der Waals surface area contributed by atoms with Crippen LogP contribution in [-0.4, -0.2) is 41.6 Å². The van der Waals surface area contributed by atoms with Crippen LogP contribution in [-0.2, 0) is 0 Å². The van der Waals surface area contributed by atoms with Crippen LogP contribution < -0.4 is 10.7 Å². The molecule has 130 valence electrons. The van der Waals surface area contributed by atoms with E-state index in [0.717, 1.165) is 27.6 Å². The van der Waals surface area contributed by atoms with Gasteiger partial charge in [0.1, 0.15) is 5.82 Å². The lowest BCUT2D eigenvalue weighted by molar-refractivity contribution is 0.384. The number of anilines is 1. The lowest BCUT2D eigenvalue weighted by Gasteiger charge is -2.30. The lowest BCUT2D eigenvalue weighted by Crippen LogP contribution is -2.42. The summed E-state index contributed by atoms with van der Waals surface area (Å²) in [6.07, 6.45) is 0. The smallest absolute Gasteiger partial charge is 0.191 e. The number of nitrogens with one attached hydrogen (secondary N) is 2. The zero-order valence-corrected chi connectivity index (χ0v) is 15.6. The van der Waals surface area contributed by atoms with E-state index in [9.17, 15) is 4.39 Å². The third-order valence-electron chi connectivity index (χ3n) is 3.86. The molecule has 0 spiro atoms. The Morgan fingerprint density at radius 2 is 2.00 bits per heavy atom. The zero-order valence-electron chi connectivity index (χ0n) is 14.0. The molecule has 2 aromatic rings. The highest BCUT2D eigenvalue weighted by Crippen LogP contribution is 2.32. The summed E-state index contributed by atoms with van der Waals surface area (Å²) in [7, 11) is 3.98. The fourth-order valence-electron chi connectivity index (χ4n) is 2.58. The van der Waals surface area contributed by atoms with E-state index in [4.69, 9.17) is 12.2 Å². The van der Waals surface area contributed by atoms with Crippen molar-refractivity contribution >= 4 is 40.5 Å². The number of halogens is 1. The van der Waals surface area contributed by atoms with Gasteiger partial charge in [-0.05, 0) is 56.6 Å². The molecule has 1 aliphatic heterocycles.